The number of nitrogens with one attached hydrogen (secondary N) is 1. The number of benzene rings is 1. The van der Waals surface area contributed by atoms with Crippen LogP contribution in [0.2, 0.25) is 5.02 Å². The smallest absolute Gasteiger partial charge is 0.124 e. The maximum atomic E-state index is 6.28. The molecule has 112 valence electrons. The van der Waals surface area contributed by atoms with Gasteiger partial charge in [0.1, 0.15) is 5.75 Å². The molecule has 1 aliphatic rings. The summed E-state index contributed by atoms with van der Waals surface area (Å²) in [4.78, 5) is 0. The predicted octanol–water partition coefficient (Wildman–Crippen LogP) is 4.80. The predicted molar refractivity (Wildman–Crippen MR) is 85.5 cm³/mol. The summed E-state index contributed by atoms with van der Waals surface area (Å²) in [7, 11) is 1.70. The molecular weight excluding hydrogens is 270 g/mol. The Bertz CT molecular complexity index is 413. The van der Waals surface area contributed by atoms with Crippen molar-refractivity contribution in [3.63, 3.8) is 0 Å². The minimum absolute atomic E-state index is 0.536. The molecule has 0 saturated heterocycles. The number of hydrogen-bond acceptors (Lipinski definition) is 2. The van der Waals surface area contributed by atoms with Crippen molar-refractivity contribution in [1.29, 1.82) is 0 Å². The first-order valence-corrected chi connectivity index (χ1v) is 8.15. The van der Waals surface area contributed by atoms with Gasteiger partial charge in [0, 0.05) is 23.2 Å². The zero-order valence-corrected chi connectivity index (χ0v) is 13.4. The van der Waals surface area contributed by atoms with E-state index in [0.717, 1.165) is 28.8 Å². The van der Waals surface area contributed by atoms with Crippen molar-refractivity contribution < 1.29 is 4.74 Å². The van der Waals surface area contributed by atoms with Gasteiger partial charge in [0.05, 0.1) is 7.11 Å². The van der Waals surface area contributed by atoms with Gasteiger partial charge in [-0.05, 0) is 37.8 Å². The summed E-state index contributed by atoms with van der Waals surface area (Å²) in [5.41, 5.74) is 1.07. The molecule has 1 aliphatic carbocycles. The highest BCUT2D eigenvalue weighted by molar-refractivity contribution is 6.31. The Morgan fingerprint density at radius 1 is 1.25 bits per heavy atom. The van der Waals surface area contributed by atoms with Crippen molar-refractivity contribution in [3.8, 4) is 5.75 Å². The van der Waals surface area contributed by atoms with Crippen LogP contribution in [0.1, 0.15) is 51.0 Å². The SMILES string of the molecule is COc1cccc(Cl)c1CN[C@@H](C)C1CCCCCC1. The second-order valence-electron chi connectivity index (χ2n) is 5.84. The van der Waals surface area contributed by atoms with E-state index in [1.165, 1.54) is 38.5 Å². The molecule has 2 nitrogen and oxygen atoms in total. The molecule has 1 fully saturated rings. The monoisotopic (exact) mass is 295 g/mol. The number of hydrogen-bond donors (Lipinski definition) is 1. The first-order chi connectivity index (χ1) is 9.72. The Morgan fingerprint density at radius 3 is 2.60 bits per heavy atom. The van der Waals surface area contributed by atoms with Crippen LogP contribution in [0.25, 0.3) is 0 Å². The molecule has 1 N–H and O–H groups in total. The lowest BCUT2D eigenvalue weighted by Gasteiger charge is -2.24. The molecule has 0 spiro atoms. The fraction of sp³-hybridized carbons (Fsp3) is 0.647. The summed E-state index contributed by atoms with van der Waals surface area (Å²) in [6.07, 6.45) is 8.28. The maximum Gasteiger partial charge on any atom is 0.124 e. The van der Waals surface area contributed by atoms with E-state index < -0.39 is 0 Å². The van der Waals surface area contributed by atoms with Crippen molar-refractivity contribution in [1.82, 2.24) is 5.32 Å². The molecule has 0 bridgehead atoms. The van der Waals surface area contributed by atoms with E-state index in [0.29, 0.717) is 6.04 Å². The summed E-state index contributed by atoms with van der Waals surface area (Å²) in [5, 5.41) is 4.43. The standard InChI is InChI=1S/C17H26ClNO/c1-13(14-8-5-3-4-6-9-14)19-12-15-16(18)10-7-11-17(15)20-2/h7,10-11,13-14,19H,3-6,8-9,12H2,1-2H3/t13-/m0/s1. The molecular formula is C17H26ClNO. The van der Waals surface area contributed by atoms with E-state index >= 15 is 0 Å². The van der Waals surface area contributed by atoms with E-state index in [1.54, 1.807) is 7.11 Å². The lowest BCUT2D eigenvalue weighted by Crippen LogP contribution is -2.33. The molecule has 0 amide bonds. The van der Waals surface area contributed by atoms with Crippen molar-refractivity contribution >= 4 is 11.6 Å². The van der Waals surface area contributed by atoms with E-state index in [9.17, 15) is 0 Å². The van der Waals surface area contributed by atoms with E-state index in [4.69, 9.17) is 16.3 Å². The largest absolute Gasteiger partial charge is 0.496 e. The Hall–Kier alpha value is -0.730. The molecule has 0 aliphatic heterocycles. The zero-order chi connectivity index (χ0) is 14.4. The van der Waals surface area contributed by atoms with Crippen LogP contribution in [0.4, 0.5) is 0 Å². The molecule has 1 atom stereocenters. The minimum Gasteiger partial charge on any atom is -0.496 e. The van der Waals surface area contributed by atoms with Crippen LogP contribution in [0, 0.1) is 5.92 Å². The van der Waals surface area contributed by atoms with Gasteiger partial charge in [0.25, 0.3) is 0 Å². The Morgan fingerprint density at radius 2 is 1.95 bits per heavy atom. The summed E-state index contributed by atoms with van der Waals surface area (Å²) < 4.78 is 5.40. The average molecular weight is 296 g/mol. The molecule has 0 radical (unpaired) electrons. The van der Waals surface area contributed by atoms with Crippen LogP contribution in [0.5, 0.6) is 5.75 Å². The third-order valence-corrected chi connectivity index (χ3v) is 4.86. The van der Waals surface area contributed by atoms with Crippen LogP contribution >= 0.6 is 11.6 Å². The summed E-state index contributed by atoms with van der Waals surface area (Å²) in [6, 6.07) is 6.37. The minimum atomic E-state index is 0.536. The second kappa shape index (κ2) is 7.90. The van der Waals surface area contributed by atoms with E-state index in [-0.39, 0.29) is 0 Å². The first kappa shape index (κ1) is 15.7. The van der Waals surface area contributed by atoms with Gasteiger partial charge in [-0.2, -0.15) is 0 Å². The fourth-order valence-electron chi connectivity index (χ4n) is 3.14. The molecule has 1 aromatic rings. The van der Waals surface area contributed by atoms with E-state index in [1.807, 2.05) is 18.2 Å². The van der Waals surface area contributed by atoms with Gasteiger partial charge in [-0.15, -0.1) is 0 Å². The van der Waals surface area contributed by atoms with Crippen LogP contribution in [-0.2, 0) is 6.54 Å². The quantitative estimate of drug-likeness (QED) is 0.788. The first-order valence-electron chi connectivity index (χ1n) is 7.77. The van der Waals surface area contributed by atoms with Crippen LogP contribution in [-0.4, -0.2) is 13.2 Å². The fourth-order valence-corrected chi connectivity index (χ4v) is 3.38. The molecule has 2 rings (SSSR count). The lowest BCUT2D eigenvalue weighted by molar-refractivity contribution is 0.333. The topological polar surface area (TPSA) is 21.3 Å². The van der Waals surface area contributed by atoms with Gasteiger partial charge in [0.15, 0.2) is 0 Å². The molecule has 1 saturated carbocycles. The number of rotatable bonds is 5. The van der Waals surface area contributed by atoms with Gasteiger partial charge in [-0.1, -0.05) is 43.4 Å². The third kappa shape index (κ3) is 4.13. The summed E-state index contributed by atoms with van der Waals surface area (Å²) in [5.74, 6) is 1.67. The number of halogens is 1. The zero-order valence-electron chi connectivity index (χ0n) is 12.6. The van der Waals surface area contributed by atoms with Crippen LogP contribution in [0.15, 0.2) is 18.2 Å². The van der Waals surface area contributed by atoms with Crippen molar-refractivity contribution in [2.24, 2.45) is 5.92 Å². The van der Waals surface area contributed by atoms with Crippen molar-refractivity contribution in [2.45, 2.75) is 58.0 Å². The van der Waals surface area contributed by atoms with Gasteiger partial charge in [-0.3, -0.25) is 0 Å². The average Bonchev–Trinajstić information content (AvgIpc) is 2.74. The van der Waals surface area contributed by atoms with Gasteiger partial charge in [0.2, 0.25) is 0 Å². The highest BCUT2D eigenvalue weighted by atomic mass is 35.5. The molecule has 20 heavy (non-hydrogen) atoms. The number of ether oxygens (including phenoxy) is 1. The highest BCUT2D eigenvalue weighted by Gasteiger charge is 2.19. The van der Waals surface area contributed by atoms with Crippen LogP contribution in [0.3, 0.4) is 0 Å². The lowest BCUT2D eigenvalue weighted by atomic mass is 9.93. The second-order valence-corrected chi connectivity index (χ2v) is 6.25. The Labute approximate surface area is 127 Å². The molecule has 3 heteroatoms. The van der Waals surface area contributed by atoms with Gasteiger partial charge < -0.3 is 10.1 Å². The van der Waals surface area contributed by atoms with Crippen molar-refractivity contribution in [2.75, 3.05) is 7.11 Å². The van der Waals surface area contributed by atoms with Gasteiger partial charge >= 0.3 is 0 Å². The molecule has 1 aromatic carbocycles. The molecule has 0 aromatic heterocycles. The summed E-state index contributed by atoms with van der Waals surface area (Å²) in [6.45, 7) is 3.08. The maximum absolute atomic E-state index is 6.28. The third-order valence-electron chi connectivity index (χ3n) is 4.50. The Balaban J connectivity index is 1.94. The molecule has 0 unspecified atom stereocenters. The number of methoxy groups -OCH3 is 1. The Kier molecular flexibility index (Phi) is 6.18. The molecule has 0 heterocycles. The van der Waals surface area contributed by atoms with Crippen molar-refractivity contribution in [3.05, 3.63) is 28.8 Å². The van der Waals surface area contributed by atoms with Gasteiger partial charge in [-0.25, -0.2) is 0 Å². The highest BCUT2D eigenvalue weighted by Crippen LogP contribution is 2.28. The van der Waals surface area contributed by atoms with Crippen LogP contribution < -0.4 is 10.1 Å². The summed E-state index contributed by atoms with van der Waals surface area (Å²) >= 11 is 6.28. The normalized spacial score (nSPS) is 18.6. The van der Waals surface area contributed by atoms with E-state index in [2.05, 4.69) is 12.2 Å².